The average molecular weight is 232 g/mol. The lowest BCUT2D eigenvalue weighted by Crippen LogP contribution is -2.11. The van der Waals surface area contributed by atoms with Crippen molar-refractivity contribution in [1.29, 1.82) is 0 Å². The maximum Gasteiger partial charge on any atom is 0.419 e. The molecule has 0 atom stereocenters. The van der Waals surface area contributed by atoms with Crippen LogP contribution in [0.3, 0.4) is 0 Å². The summed E-state index contributed by atoms with van der Waals surface area (Å²) in [5, 5.41) is 0.804. The first-order valence-electron chi connectivity index (χ1n) is 4.12. The van der Waals surface area contributed by atoms with Gasteiger partial charge in [-0.25, -0.2) is 4.79 Å². The molecule has 74 valence electrons. The van der Waals surface area contributed by atoms with Crippen molar-refractivity contribution in [1.82, 2.24) is 4.57 Å². The van der Waals surface area contributed by atoms with Gasteiger partial charge >= 0.3 is 5.76 Å². The Labute approximate surface area is 89.8 Å². The van der Waals surface area contributed by atoms with Crippen molar-refractivity contribution in [3.8, 4) is 0 Å². The molecular weight excluding hydrogens is 225 g/mol. The fourth-order valence-electron chi connectivity index (χ4n) is 1.36. The highest BCUT2D eigenvalue weighted by molar-refractivity contribution is 6.42. The van der Waals surface area contributed by atoms with E-state index in [4.69, 9.17) is 27.6 Å². The van der Waals surface area contributed by atoms with Gasteiger partial charge in [0.05, 0.1) is 15.6 Å². The van der Waals surface area contributed by atoms with Gasteiger partial charge in [0.25, 0.3) is 0 Å². The van der Waals surface area contributed by atoms with Gasteiger partial charge in [-0.15, -0.1) is 0 Å². The summed E-state index contributed by atoms with van der Waals surface area (Å²) in [6, 6.07) is 3.18. The van der Waals surface area contributed by atoms with Gasteiger partial charge in [-0.1, -0.05) is 23.2 Å². The third-order valence-electron chi connectivity index (χ3n) is 2.03. The zero-order valence-corrected chi connectivity index (χ0v) is 8.89. The Kier molecular flexibility index (Phi) is 2.29. The minimum atomic E-state index is -0.388. The van der Waals surface area contributed by atoms with E-state index in [1.54, 1.807) is 12.1 Å². The molecule has 0 aliphatic rings. The molecule has 1 aromatic carbocycles. The predicted octanol–water partition coefficient (Wildman–Crippen LogP) is 2.92. The van der Waals surface area contributed by atoms with Crippen LogP contribution in [0, 0.1) is 0 Å². The van der Waals surface area contributed by atoms with Crippen LogP contribution in [0.25, 0.3) is 11.1 Å². The van der Waals surface area contributed by atoms with Crippen LogP contribution in [0.2, 0.25) is 10.0 Å². The van der Waals surface area contributed by atoms with Gasteiger partial charge in [0.1, 0.15) is 0 Å². The number of benzene rings is 1. The number of hydrogen-bond donors (Lipinski definition) is 0. The summed E-state index contributed by atoms with van der Waals surface area (Å²) < 4.78 is 6.49. The molecule has 0 aliphatic carbocycles. The molecule has 0 saturated heterocycles. The Morgan fingerprint density at radius 2 is 2.00 bits per heavy atom. The van der Waals surface area contributed by atoms with E-state index in [1.807, 2.05) is 6.92 Å². The van der Waals surface area contributed by atoms with Gasteiger partial charge < -0.3 is 4.42 Å². The maximum absolute atomic E-state index is 11.3. The number of fused-ring (bicyclic) bond motifs is 1. The molecular formula is C9H7Cl2NO2. The van der Waals surface area contributed by atoms with Crippen LogP contribution >= 0.6 is 23.2 Å². The topological polar surface area (TPSA) is 35.1 Å². The number of aryl methyl sites for hydroxylation is 1. The Bertz CT molecular complexity index is 541. The molecule has 5 heteroatoms. The van der Waals surface area contributed by atoms with Crippen LogP contribution in [0.1, 0.15) is 6.92 Å². The Hall–Kier alpha value is -0.930. The lowest BCUT2D eigenvalue weighted by molar-refractivity contribution is 0.513. The molecule has 0 aliphatic heterocycles. The highest BCUT2D eigenvalue weighted by atomic mass is 35.5. The van der Waals surface area contributed by atoms with Crippen LogP contribution in [0.5, 0.6) is 0 Å². The molecule has 0 N–H and O–H groups in total. The largest absolute Gasteiger partial charge is 0.419 e. The van der Waals surface area contributed by atoms with E-state index in [0.717, 1.165) is 0 Å². The lowest BCUT2D eigenvalue weighted by atomic mass is 10.3. The zero-order valence-electron chi connectivity index (χ0n) is 7.38. The molecule has 2 rings (SSSR count). The summed E-state index contributed by atoms with van der Waals surface area (Å²) in [5.74, 6) is -0.388. The molecule has 14 heavy (non-hydrogen) atoms. The number of halogens is 2. The number of nitrogens with zero attached hydrogens (tertiary/aromatic N) is 1. The second-order valence-corrected chi connectivity index (χ2v) is 3.66. The van der Waals surface area contributed by atoms with Crippen LogP contribution in [0.15, 0.2) is 21.3 Å². The molecule has 0 spiro atoms. The summed E-state index contributed by atoms with van der Waals surface area (Å²) in [7, 11) is 0. The summed E-state index contributed by atoms with van der Waals surface area (Å²) in [5.41, 5.74) is 1.14. The van der Waals surface area contributed by atoms with Crippen molar-refractivity contribution in [3.63, 3.8) is 0 Å². The van der Waals surface area contributed by atoms with Crippen LogP contribution < -0.4 is 5.76 Å². The quantitative estimate of drug-likeness (QED) is 0.757. The molecule has 0 saturated carbocycles. The van der Waals surface area contributed by atoms with Crippen LogP contribution in [-0.4, -0.2) is 4.57 Å². The summed E-state index contributed by atoms with van der Waals surface area (Å²) in [4.78, 5) is 11.3. The van der Waals surface area contributed by atoms with Gasteiger partial charge in [0.15, 0.2) is 5.58 Å². The van der Waals surface area contributed by atoms with E-state index in [0.29, 0.717) is 27.7 Å². The zero-order chi connectivity index (χ0) is 10.3. The molecule has 0 unspecified atom stereocenters. The number of hydrogen-bond acceptors (Lipinski definition) is 2. The minimum absolute atomic E-state index is 0.385. The van der Waals surface area contributed by atoms with Crippen molar-refractivity contribution in [3.05, 3.63) is 32.7 Å². The first-order chi connectivity index (χ1) is 6.63. The standard InChI is InChI=1S/C9H7Cl2NO2/c1-2-12-7-3-5(10)6(11)4-8(7)14-9(12)13/h3-4H,2H2,1H3. The van der Waals surface area contributed by atoms with Gasteiger partial charge in [0.2, 0.25) is 0 Å². The van der Waals surface area contributed by atoms with Crippen molar-refractivity contribution in [2.45, 2.75) is 13.5 Å². The Balaban J connectivity index is 2.89. The fourth-order valence-corrected chi connectivity index (χ4v) is 1.67. The molecule has 3 nitrogen and oxygen atoms in total. The van der Waals surface area contributed by atoms with Gasteiger partial charge in [-0.3, -0.25) is 4.57 Å². The first-order valence-corrected chi connectivity index (χ1v) is 4.87. The second-order valence-electron chi connectivity index (χ2n) is 2.85. The van der Waals surface area contributed by atoms with E-state index in [-0.39, 0.29) is 5.76 Å². The van der Waals surface area contributed by atoms with Gasteiger partial charge in [-0.05, 0) is 13.0 Å². The summed E-state index contributed by atoms with van der Waals surface area (Å²) in [6.07, 6.45) is 0. The van der Waals surface area contributed by atoms with E-state index >= 15 is 0 Å². The number of rotatable bonds is 1. The van der Waals surface area contributed by atoms with Crippen molar-refractivity contribution < 1.29 is 4.42 Å². The third kappa shape index (κ3) is 1.33. The first kappa shape index (κ1) is 9.62. The Morgan fingerprint density at radius 1 is 1.36 bits per heavy atom. The summed E-state index contributed by atoms with van der Waals surface area (Å²) in [6.45, 7) is 2.41. The molecule has 1 heterocycles. The van der Waals surface area contributed by atoms with Gasteiger partial charge in [0, 0.05) is 12.6 Å². The lowest BCUT2D eigenvalue weighted by Gasteiger charge is -1.97. The van der Waals surface area contributed by atoms with Gasteiger partial charge in [-0.2, -0.15) is 0 Å². The molecule has 2 aromatic rings. The van der Waals surface area contributed by atoms with Crippen molar-refractivity contribution in [2.75, 3.05) is 0 Å². The molecule has 0 amide bonds. The Morgan fingerprint density at radius 3 is 2.64 bits per heavy atom. The molecule has 0 radical (unpaired) electrons. The highest BCUT2D eigenvalue weighted by Crippen LogP contribution is 2.27. The van der Waals surface area contributed by atoms with E-state index < -0.39 is 0 Å². The van der Waals surface area contributed by atoms with E-state index in [9.17, 15) is 4.79 Å². The maximum atomic E-state index is 11.3. The smallest absolute Gasteiger partial charge is 0.408 e. The predicted molar refractivity (Wildman–Crippen MR) is 56.2 cm³/mol. The number of aromatic nitrogens is 1. The monoisotopic (exact) mass is 231 g/mol. The molecule has 0 bridgehead atoms. The van der Waals surface area contributed by atoms with E-state index in [1.165, 1.54) is 4.57 Å². The number of oxazole rings is 1. The fraction of sp³-hybridized carbons (Fsp3) is 0.222. The third-order valence-corrected chi connectivity index (χ3v) is 2.75. The molecule has 1 aromatic heterocycles. The van der Waals surface area contributed by atoms with Crippen molar-refractivity contribution in [2.24, 2.45) is 0 Å². The average Bonchev–Trinajstić information content (AvgIpc) is 2.42. The SMILES string of the molecule is CCn1c(=O)oc2cc(Cl)c(Cl)cc21. The second kappa shape index (κ2) is 3.33. The van der Waals surface area contributed by atoms with E-state index in [2.05, 4.69) is 0 Å². The minimum Gasteiger partial charge on any atom is -0.408 e. The van der Waals surface area contributed by atoms with Crippen molar-refractivity contribution >= 4 is 34.3 Å². The molecule has 0 fully saturated rings. The normalized spacial score (nSPS) is 11.1. The highest BCUT2D eigenvalue weighted by Gasteiger charge is 2.10. The summed E-state index contributed by atoms with van der Waals surface area (Å²) >= 11 is 11.6. The van der Waals surface area contributed by atoms with Crippen LogP contribution in [-0.2, 0) is 6.54 Å². The van der Waals surface area contributed by atoms with Crippen LogP contribution in [0.4, 0.5) is 0 Å².